The number of phenols is 1. The maximum atomic E-state index is 12.8. The Labute approximate surface area is 199 Å². The van der Waals surface area contributed by atoms with Gasteiger partial charge in [0.05, 0.1) is 43.8 Å². The Hall–Kier alpha value is -2.47. The molecule has 4 heterocycles. The van der Waals surface area contributed by atoms with Crippen LogP contribution in [-0.2, 0) is 20.6 Å². The Morgan fingerprint density at radius 1 is 1.23 bits per heavy atom. The summed E-state index contributed by atoms with van der Waals surface area (Å²) in [4.78, 5) is 12.8. The van der Waals surface area contributed by atoms with Gasteiger partial charge >= 0.3 is 0 Å². The summed E-state index contributed by atoms with van der Waals surface area (Å²) in [7, 11) is 1.52. The zero-order valence-corrected chi connectivity index (χ0v) is 19.3. The van der Waals surface area contributed by atoms with Crippen LogP contribution in [0.5, 0.6) is 17.2 Å². The fourth-order valence-electron chi connectivity index (χ4n) is 6.83. The van der Waals surface area contributed by atoms with Crippen LogP contribution in [0, 0.1) is 12.8 Å². The highest BCUT2D eigenvalue weighted by Crippen LogP contribution is 2.71. The van der Waals surface area contributed by atoms with E-state index in [-0.39, 0.29) is 34.8 Å². The third-order valence-electron chi connectivity index (χ3n) is 8.49. The second-order valence-electron chi connectivity index (χ2n) is 10.1. The number of ether oxygens (including phenoxy) is 5. The van der Waals surface area contributed by atoms with Crippen molar-refractivity contribution in [3.63, 3.8) is 0 Å². The van der Waals surface area contributed by atoms with Crippen LogP contribution >= 0.6 is 0 Å². The molecule has 5 atom stereocenters. The highest BCUT2D eigenvalue weighted by Gasteiger charge is 2.91. The van der Waals surface area contributed by atoms with Gasteiger partial charge in [-0.2, -0.15) is 0 Å². The molecule has 1 spiro atoms. The van der Waals surface area contributed by atoms with E-state index in [1.54, 1.807) is 0 Å². The standard InChI is InChI=1S/C25H26O10/c1-10-6-13-17(18(29)16-12(19(13)31-2)4-3-5-14(16)28)20-15(10)21-22-24(30,33-20)23(9-32-23)25(34-21,35-22)11(7-26)8-27/h6,11,21-22,26-27,29-30H,3-5,7-9H2,1-2H3/t21?,22?,23-,24+,25?/m0/s1. The summed E-state index contributed by atoms with van der Waals surface area (Å²) < 4.78 is 30.4. The van der Waals surface area contributed by atoms with Crippen LogP contribution < -0.4 is 9.47 Å². The van der Waals surface area contributed by atoms with E-state index in [0.717, 1.165) is 5.56 Å². The van der Waals surface area contributed by atoms with Gasteiger partial charge in [0.2, 0.25) is 11.4 Å². The molecule has 4 aliphatic heterocycles. The lowest BCUT2D eigenvalue weighted by molar-refractivity contribution is -0.297. The van der Waals surface area contributed by atoms with Gasteiger partial charge in [-0.25, -0.2) is 0 Å². The van der Waals surface area contributed by atoms with Crippen LogP contribution in [0.4, 0.5) is 0 Å². The average Bonchev–Trinajstić information content (AvgIpc) is 3.51. The number of rotatable bonds is 4. The van der Waals surface area contributed by atoms with E-state index >= 15 is 0 Å². The van der Waals surface area contributed by atoms with Crippen LogP contribution in [-0.4, -0.2) is 76.4 Å². The SMILES string of the molecule is COc1c2c(c(O)c3c4c(c(C)cc13)C1OC3(C(CO)CO)OC1[C@@](O)(O4)[C@@]31CO1)C(=O)CCC2. The van der Waals surface area contributed by atoms with Crippen molar-refractivity contribution in [3.05, 3.63) is 28.3 Å². The van der Waals surface area contributed by atoms with Gasteiger partial charge in [0, 0.05) is 22.9 Å². The largest absolute Gasteiger partial charge is 0.506 e. The van der Waals surface area contributed by atoms with Crippen molar-refractivity contribution in [2.45, 2.75) is 55.6 Å². The summed E-state index contributed by atoms with van der Waals surface area (Å²) in [6.07, 6.45) is -0.224. The van der Waals surface area contributed by atoms with E-state index in [9.17, 15) is 25.2 Å². The number of phenolic OH excluding ortho intramolecular Hbond substituents is 1. The fraction of sp³-hybridized carbons (Fsp3) is 0.560. The van der Waals surface area contributed by atoms with Crippen molar-refractivity contribution < 1.29 is 48.9 Å². The van der Waals surface area contributed by atoms with Crippen molar-refractivity contribution >= 4 is 16.6 Å². The molecule has 10 nitrogen and oxygen atoms in total. The quantitative estimate of drug-likeness (QED) is 0.462. The smallest absolute Gasteiger partial charge is 0.274 e. The summed E-state index contributed by atoms with van der Waals surface area (Å²) in [6, 6.07) is 1.85. The van der Waals surface area contributed by atoms with Gasteiger partial charge in [-0.15, -0.1) is 0 Å². The fourth-order valence-corrected chi connectivity index (χ4v) is 6.83. The Bertz CT molecular complexity index is 1310. The first-order valence-corrected chi connectivity index (χ1v) is 11.8. The molecular formula is C25H26O10. The van der Waals surface area contributed by atoms with Gasteiger partial charge in [-0.3, -0.25) is 4.79 Å². The molecule has 10 heteroatoms. The minimum absolute atomic E-state index is 0.0332. The Kier molecular flexibility index (Phi) is 4.13. The number of aliphatic hydroxyl groups excluding tert-OH is 2. The Morgan fingerprint density at radius 3 is 2.63 bits per heavy atom. The number of aliphatic hydroxyl groups is 3. The number of fused-ring (bicyclic) bond motifs is 8. The second kappa shape index (κ2) is 6.64. The molecule has 0 amide bonds. The van der Waals surface area contributed by atoms with E-state index in [1.165, 1.54) is 7.11 Å². The molecule has 4 N–H and O–H groups in total. The number of carbonyl (C=O) groups excluding carboxylic acids is 1. The van der Waals surface area contributed by atoms with E-state index in [0.29, 0.717) is 41.5 Å². The molecule has 3 saturated heterocycles. The minimum atomic E-state index is -2.01. The number of hydrogen-bond acceptors (Lipinski definition) is 10. The van der Waals surface area contributed by atoms with Gasteiger partial charge in [0.15, 0.2) is 11.9 Å². The molecule has 5 aliphatic rings. The monoisotopic (exact) mass is 486 g/mol. The van der Waals surface area contributed by atoms with Crippen LogP contribution in [0.15, 0.2) is 6.07 Å². The first-order valence-electron chi connectivity index (χ1n) is 11.8. The molecule has 3 fully saturated rings. The number of epoxide rings is 1. The van der Waals surface area contributed by atoms with Crippen molar-refractivity contribution in [2.75, 3.05) is 26.9 Å². The maximum absolute atomic E-state index is 12.8. The summed E-state index contributed by atoms with van der Waals surface area (Å²) >= 11 is 0. The van der Waals surface area contributed by atoms with Crippen LogP contribution in [0.3, 0.4) is 0 Å². The number of Topliss-reactive ketones (excluding diaryl/α,β-unsaturated/α-hetero) is 1. The number of carbonyl (C=O) groups is 1. The average molecular weight is 486 g/mol. The van der Waals surface area contributed by atoms with E-state index in [2.05, 4.69) is 0 Å². The number of aromatic hydroxyl groups is 1. The number of aryl methyl sites for hydroxylation is 1. The molecule has 0 aromatic heterocycles. The first kappa shape index (κ1) is 21.8. The normalized spacial score (nSPS) is 36.0. The molecule has 2 bridgehead atoms. The Balaban J connectivity index is 1.53. The highest BCUT2D eigenvalue weighted by molar-refractivity contribution is 6.11. The summed E-state index contributed by atoms with van der Waals surface area (Å²) in [5, 5.41) is 44.1. The molecule has 0 radical (unpaired) electrons. The van der Waals surface area contributed by atoms with Crippen LogP contribution in [0.2, 0.25) is 0 Å². The molecule has 35 heavy (non-hydrogen) atoms. The van der Waals surface area contributed by atoms with Gasteiger partial charge in [-0.1, -0.05) is 0 Å². The van der Waals surface area contributed by atoms with E-state index in [4.69, 9.17) is 23.7 Å². The first-order chi connectivity index (χ1) is 16.8. The Morgan fingerprint density at radius 2 is 1.97 bits per heavy atom. The molecule has 3 unspecified atom stereocenters. The second-order valence-corrected chi connectivity index (χ2v) is 10.1. The number of benzene rings is 2. The zero-order valence-electron chi connectivity index (χ0n) is 19.3. The van der Waals surface area contributed by atoms with Crippen molar-refractivity contribution in [1.82, 2.24) is 0 Å². The lowest BCUT2D eigenvalue weighted by Gasteiger charge is -2.48. The van der Waals surface area contributed by atoms with Crippen molar-refractivity contribution in [2.24, 2.45) is 5.92 Å². The molecule has 0 saturated carbocycles. The van der Waals surface area contributed by atoms with Crippen molar-refractivity contribution in [1.29, 1.82) is 0 Å². The number of methoxy groups -OCH3 is 1. The van der Waals surface area contributed by atoms with Crippen LogP contribution in [0.1, 0.15) is 46.0 Å². The number of hydrogen-bond donors (Lipinski definition) is 4. The number of ketones is 1. The minimum Gasteiger partial charge on any atom is -0.506 e. The van der Waals surface area contributed by atoms with E-state index in [1.807, 2.05) is 13.0 Å². The lowest BCUT2D eigenvalue weighted by atomic mass is 9.76. The summed E-state index contributed by atoms with van der Waals surface area (Å²) in [5.74, 6) is -4.21. The summed E-state index contributed by atoms with van der Waals surface area (Å²) in [5.41, 5.74) is 0.725. The van der Waals surface area contributed by atoms with Gasteiger partial charge in [0.25, 0.3) is 5.79 Å². The highest BCUT2D eigenvalue weighted by atomic mass is 16.8. The predicted molar refractivity (Wildman–Crippen MR) is 118 cm³/mol. The van der Waals surface area contributed by atoms with Crippen LogP contribution in [0.25, 0.3) is 10.8 Å². The maximum Gasteiger partial charge on any atom is 0.274 e. The molecule has 2 aromatic rings. The topological polar surface area (TPSA) is 147 Å². The van der Waals surface area contributed by atoms with Gasteiger partial charge in [-0.05, 0) is 31.4 Å². The molecule has 186 valence electrons. The molecule has 7 rings (SSSR count). The van der Waals surface area contributed by atoms with Gasteiger partial charge in [0.1, 0.15) is 23.4 Å². The molecule has 1 aliphatic carbocycles. The predicted octanol–water partition coefficient (Wildman–Crippen LogP) is 0.999. The summed E-state index contributed by atoms with van der Waals surface area (Å²) in [6.45, 7) is 0.986. The third-order valence-corrected chi connectivity index (χ3v) is 8.49. The van der Waals surface area contributed by atoms with Crippen molar-refractivity contribution in [3.8, 4) is 17.2 Å². The zero-order chi connectivity index (χ0) is 24.5. The van der Waals surface area contributed by atoms with E-state index < -0.39 is 48.5 Å². The molecule has 2 aromatic carbocycles. The van der Waals surface area contributed by atoms with Gasteiger partial charge < -0.3 is 44.1 Å². The third kappa shape index (κ3) is 2.21. The molecular weight excluding hydrogens is 460 g/mol. The lowest BCUT2D eigenvalue weighted by Crippen LogP contribution is -2.68.